The lowest BCUT2D eigenvalue weighted by molar-refractivity contribution is -0.228. The molecule has 53 heavy (non-hydrogen) atoms. The molecule has 4 bridgehead atoms. The van der Waals surface area contributed by atoms with Crippen molar-refractivity contribution in [2.75, 3.05) is 0 Å². The monoisotopic (exact) mass is 736 g/mol. The highest BCUT2D eigenvalue weighted by Gasteiger charge is 2.66. The first kappa shape index (κ1) is 41.1. The normalized spacial score (nSPS) is 41.7. The van der Waals surface area contributed by atoms with Gasteiger partial charge in [0, 0.05) is 44.4 Å². The average molecular weight is 737 g/mol. The van der Waals surface area contributed by atoms with E-state index in [2.05, 4.69) is 46.8 Å². The Hall–Kier alpha value is -3.04. The fraction of sp³-hybridized carbons (Fsp3) is 0.727. The van der Waals surface area contributed by atoms with E-state index in [0.29, 0.717) is 57.8 Å². The van der Waals surface area contributed by atoms with Crippen LogP contribution in [0.3, 0.4) is 0 Å². The number of ketones is 1. The predicted molar refractivity (Wildman–Crippen MR) is 202 cm³/mol. The Kier molecular flexibility index (Phi) is 12.4. The van der Waals surface area contributed by atoms with Crippen molar-refractivity contribution in [3.63, 3.8) is 0 Å². The second kappa shape index (κ2) is 16.0. The third kappa shape index (κ3) is 8.61. The van der Waals surface area contributed by atoms with E-state index in [1.165, 1.54) is 13.8 Å². The number of hydrogen-bond acceptors (Lipinski definition) is 9. The summed E-state index contributed by atoms with van der Waals surface area (Å²) in [7, 11) is 0. The summed E-state index contributed by atoms with van der Waals surface area (Å²) in [6, 6.07) is 0. The molecule has 294 valence electrons. The van der Waals surface area contributed by atoms with Gasteiger partial charge in [0.05, 0.1) is 23.2 Å². The zero-order valence-electron chi connectivity index (χ0n) is 33.8. The first-order valence-electron chi connectivity index (χ1n) is 19.9. The summed E-state index contributed by atoms with van der Waals surface area (Å²) >= 11 is 0. The summed E-state index contributed by atoms with van der Waals surface area (Å²) in [6.07, 6.45) is 9.85. The highest BCUT2D eigenvalue weighted by Crippen LogP contribution is 2.61. The van der Waals surface area contributed by atoms with Gasteiger partial charge in [-0.25, -0.2) is 0 Å². The van der Waals surface area contributed by atoms with Gasteiger partial charge in [-0.05, 0) is 111 Å². The Balaban J connectivity index is 1.68. The molecule has 2 saturated heterocycles. The standard InChI is InChI=1S/C44H64O9/c1-25(2)39-36(50-30(7)45)22-27(4)13-11-12-26(3)20-32(47)24-44-34-21-28(5)14-15-38-43(10,53-31(8)46)19-17-37(51-38)42(9,49)18-16-33(34)29(6)23-35(44)40(39)52-41(44)48/h13,20-21,25,34-40,49H,11-12,14-19,22-24H2,1-10H3/b26-20+,27-13+,28-21+/t34-,35-,36-,37-,38+,39-,40-,42?,43-,44-/m0/s1. The minimum atomic E-state index is -1.19. The number of ether oxygens (including phenoxy) is 4. The Morgan fingerprint density at radius 3 is 2.28 bits per heavy atom. The van der Waals surface area contributed by atoms with Gasteiger partial charge in [-0.3, -0.25) is 19.2 Å². The predicted octanol–water partition coefficient (Wildman–Crippen LogP) is 8.23. The van der Waals surface area contributed by atoms with Gasteiger partial charge in [0.15, 0.2) is 5.78 Å². The molecule has 0 radical (unpaired) electrons. The van der Waals surface area contributed by atoms with Crippen molar-refractivity contribution in [3.05, 3.63) is 46.1 Å². The van der Waals surface area contributed by atoms with E-state index >= 15 is 0 Å². The minimum Gasteiger partial charge on any atom is -0.462 e. The van der Waals surface area contributed by atoms with E-state index < -0.39 is 47.0 Å². The van der Waals surface area contributed by atoms with Gasteiger partial charge in [-0.15, -0.1) is 0 Å². The number of allylic oxidation sites excluding steroid dienone is 7. The Bertz CT molecular complexity index is 1580. The Morgan fingerprint density at radius 2 is 1.62 bits per heavy atom. The van der Waals surface area contributed by atoms with E-state index in [0.717, 1.165) is 34.3 Å². The molecular formula is C44H64O9. The third-order valence-electron chi connectivity index (χ3n) is 13.1. The summed E-state index contributed by atoms with van der Waals surface area (Å²) in [5.74, 6) is -2.28. The molecule has 5 aliphatic rings. The molecule has 3 aliphatic heterocycles. The molecule has 2 aliphatic carbocycles. The van der Waals surface area contributed by atoms with Gasteiger partial charge in [-0.1, -0.05) is 53.9 Å². The van der Waals surface area contributed by atoms with Crippen molar-refractivity contribution >= 4 is 23.7 Å². The lowest BCUT2D eigenvalue weighted by Crippen LogP contribution is -2.56. The maximum Gasteiger partial charge on any atom is 0.314 e. The highest BCUT2D eigenvalue weighted by molar-refractivity contribution is 5.96. The van der Waals surface area contributed by atoms with Crippen molar-refractivity contribution in [1.82, 2.24) is 0 Å². The smallest absolute Gasteiger partial charge is 0.314 e. The van der Waals surface area contributed by atoms with Crippen LogP contribution >= 0.6 is 0 Å². The number of carbonyl (C=O) groups excluding carboxylic acids is 4. The number of rotatable bonds is 3. The Morgan fingerprint density at radius 1 is 0.906 bits per heavy atom. The van der Waals surface area contributed by atoms with Crippen molar-refractivity contribution < 1.29 is 43.2 Å². The van der Waals surface area contributed by atoms with Crippen LogP contribution < -0.4 is 0 Å². The first-order valence-corrected chi connectivity index (χ1v) is 19.9. The molecule has 9 heteroatoms. The van der Waals surface area contributed by atoms with Crippen LogP contribution in [0.1, 0.15) is 140 Å². The molecule has 5 rings (SSSR count). The second-order valence-corrected chi connectivity index (χ2v) is 17.9. The van der Waals surface area contributed by atoms with Crippen LogP contribution in [0.4, 0.5) is 0 Å². The number of fused-ring (bicyclic) bond motifs is 3. The van der Waals surface area contributed by atoms with Crippen molar-refractivity contribution in [1.29, 1.82) is 0 Å². The van der Waals surface area contributed by atoms with Crippen LogP contribution in [-0.2, 0) is 38.1 Å². The van der Waals surface area contributed by atoms with Crippen LogP contribution in [0, 0.1) is 29.1 Å². The van der Waals surface area contributed by atoms with Crippen LogP contribution in [0.5, 0.6) is 0 Å². The van der Waals surface area contributed by atoms with Crippen LogP contribution in [-0.4, -0.2) is 64.4 Å². The van der Waals surface area contributed by atoms with Crippen LogP contribution in [0.2, 0.25) is 0 Å². The zero-order chi connectivity index (χ0) is 39.0. The first-order chi connectivity index (χ1) is 24.8. The van der Waals surface area contributed by atoms with Crippen LogP contribution in [0.15, 0.2) is 46.1 Å². The zero-order valence-corrected chi connectivity index (χ0v) is 33.8. The average Bonchev–Trinajstić information content (AvgIpc) is 3.28. The van der Waals surface area contributed by atoms with Crippen molar-refractivity contribution in [2.45, 2.75) is 175 Å². The molecule has 3 heterocycles. The fourth-order valence-electron chi connectivity index (χ4n) is 10.4. The molecule has 9 nitrogen and oxygen atoms in total. The highest BCUT2D eigenvalue weighted by atomic mass is 16.6. The van der Waals surface area contributed by atoms with Crippen molar-refractivity contribution in [3.8, 4) is 0 Å². The molecule has 0 aromatic rings. The fourth-order valence-corrected chi connectivity index (χ4v) is 10.4. The molecule has 0 spiro atoms. The molecule has 0 amide bonds. The minimum absolute atomic E-state index is 0.00274. The molecule has 0 aromatic carbocycles. The number of esters is 3. The quantitative estimate of drug-likeness (QED) is 0.173. The molecule has 1 unspecified atom stereocenters. The van der Waals surface area contributed by atoms with Crippen molar-refractivity contribution in [2.24, 2.45) is 29.1 Å². The van der Waals surface area contributed by atoms with E-state index in [9.17, 15) is 24.3 Å². The summed E-state index contributed by atoms with van der Waals surface area (Å²) in [5.41, 5.74) is 2.10. The number of hydrogen-bond donors (Lipinski definition) is 1. The van der Waals surface area contributed by atoms with Gasteiger partial charge < -0.3 is 24.1 Å². The molecule has 10 atom stereocenters. The molecule has 2 fully saturated rings. The summed E-state index contributed by atoms with van der Waals surface area (Å²) in [6.45, 7) is 19.0. The summed E-state index contributed by atoms with van der Waals surface area (Å²) < 4.78 is 25.2. The maximum atomic E-state index is 15.0. The summed E-state index contributed by atoms with van der Waals surface area (Å²) in [4.78, 5) is 54.0. The molecular weight excluding hydrogens is 672 g/mol. The van der Waals surface area contributed by atoms with Gasteiger partial charge in [0.2, 0.25) is 0 Å². The Labute approximate surface area is 317 Å². The second-order valence-electron chi connectivity index (χ2n) is 17.9. The number of aliphatic hydroxyl groups is 1. The molecule has 1 N–H and O–H groups in total. The molecule has 0 saturated carbocycles. The maximum absolute atomic E-state index is 15.0. The number of carbonyl (C=O) groups is 4. The molecule has 0 aromatic heterocycles. The van der Waals surface area contributed by atoms with Gasteiger partial charge >= 0.3 is 17.9 Å². The lowest BCUT2D eigenvalue weighted by atomic mass is 9.53. The van der Waals surface area contributed by atoms with Crippen LogP contribution in [0.25, 0.3) is 0 Å². The SMILES string of the molecule is CC(=O)O[C@H]1C/C(C)=C/CC/C(C)=C/C(=O)C[C@@]23C(=O)O[C@H]([C@H]1C(C)C)[C@@H]2CC(C)=C1CCC(C)(O)[C@@H]2CC[C@](C)(OC(C)=O)[C@@H](CC/C(C)=C/[C@@H]13)O2. The largest absolute Gasteiger partial charge is 0.462 e. The van der Waals surface area contributed by atoms with E-state index in [-0.39, 0.29) is 47.9 Å². The van der Waals surface area contributed by atoms with E-state index in [1.807, 2.05) is 20.8 Å². The van der Waals surface area contributed by atoms with Gasteiger partial charge in [0.1, 0.15) is 17.8 Å². The topological polar surface area (TPSA) is 125 Å². The van der Waals surface area contributed by atoms with E-state index in [4.69, 9.17) is 18.9 Å². The lowest BCUT2D eigenvalue weighted by Gasteiger charge is -2.49. The van der Waals surface area contributed by atoms with E-state index in [1.54, 1.807) is 6.08 Å². The summed E-state index contributed by atoms with van der Waals surface area (Å²) in [5, 5.41) is 12.0. The third-order valence-corrected chi connectivity index (χ3v) is 13.1. The van der Waals surface area contributed by atoms with Gasteiger partial charge in [-0.2, -0.15) is 0 Å². The van der Waals surface area contributed by atoms with Gasteiger partial charge in [0.25, 0.3) is 0 Å².